The van der Waals surface area contributed by atoms with E-state index in [-0.39, 0.29) is 6.04 Å². The number of pyridine rings is 1. The average molecular weight is 189 g/mol. The van der Waals surface area contributed by atoms with Crippen molar-refractivity contribution in [2.45, 2.75) is 32.9 Å². The van der Waals surface area contributed by atoms with Crippen LogP contribution in [-0.4, -0.2) is 11.0 Å². The number of nitrogens with zero attached hydrogens (tertiary/aromatic N) is 2. The van der Waals surface area contributed by atoms with E-state index in [1.54, 1.807) is 0 Å². The van der Waals surface area contributed by atoms with Crippen LogP contribution in [0.25, 0.3) is 0 Å². The molecular weight excluding hydrogens is 174 g/mol. The molecule has 0 fully saturated rings. The van der Waals surface area contributed by atoms with Gasteiger partial charge in [0.05, 0.1) is 12.5 Å². The van der Waals surface area contributed by atoms with Gasteiger partial charge < -0.3 is 5.32 Å². The second kappa shape index (κ2) is 5.36. The van der Waals surface area contributed by atoms with Gasteiger partial charge in [-0.1, -0.05) is 6.07 Å². The third kappa shape index (κ3) is 3.55. The predicted octanol–water partition coefficient (Wildman–Crippen LogP) is 1.78. The Morgan fingerprint density at radius 1 is 1.57 bits per heavy atom. The van der Waals surface area contributed by atoms with Gasteiger partial charge in [-0.05, 0) is 25.5 Å². The fourth-order valence-corrected chi connectivity index (χ4v) is 1.10. The topological polar surface area (TPSA) is 48.7 Å². The highest BCUT2D eigenvalue weighted by atomic mass is 14.9. The van der Waals surface area contributed by atoms with Crippen LogP contribution in [0.5, 0.6) is 0 Å². The number of nitrogens with one attached hydrogen (secondary N) is 1. The molecule has 0 aliphatic rings. The Morgan fingerprint density at radius 3 is 2.93 bits per heavy atom. The molecule has 0 aromatic carbocycles. The molecule has 0 aliphatic carbocycles. The molecule has 1 aromatic heterocycles. The van der Waals surface area contributed by atoms with Crippen molar-refractivity contribution in [2.75, 3.05) is 0 Å². The normalized spacial score (nSPS) is 12.1. The van der Waals surface area contributed by atoms with E-state index in [0.29, 0.717) is 6.42 Å². The van der Waals surface area contributed by atoms with Crippen molar-refractivity contribution in [2.24, 2.45) is 0 Å². The maximum Gasteiger partial charge on any atom is 0.0638 e. The summed E-state index contributed by atoms with van der Waals surface area (Å²) in [6.07, 6.45) is 2.40. The summed E-state index contributed by atoms with van der Waals surface area (Å²) < 4.78 is 0. The molecule has 1 heterocycles. The maximum absolute atomic E-state index is 8.47. The third-order valence-corrected chi connectivity index (χ3v) is 2.02. The highest BCUT2D eigenvalue weighted by Gasteiger charge is 1.99. The zero-order valence-corrected chi connectivity index (χ0v) is 8.62. The summed E-state index contributed by atoms with van der Waals surface area (Å²) in [4.78, 5) is 4.20. The highest BCUT2D eigenvalue weighted by molar-refractivity contribution is 5.12. The predicted molar refractivity (Wildman–Crippen MR) is 55.5 cm³/mol. The molecule has 14 heavy (non-hydrogen) atoms. The smallest absolute Gasteiger partial charge is 0.0638 e. The lowest BCUT2D eigenvalue weighted by molar-refractivity contribution is 0.556. The number of hydrogen-bond acceptors (Lipinski definition) is 3. The van der Waals surface area contributed by atoms with Crippen LogP contribution in [0.4, 0.5) is 0 Å². The van der Waals surface area contributed by atoms with E-state index < -0.39 is 0 Å². The van der Waals surface area contributed by atoms with Gasteiger partial charge in [-0.2, -0.15) is 5.26 Å². The average Bonchev–Trinajstić information content (AvgIpc) is 2.17. The summed E-state index contributed by atoms with van der Waals surface area (Å²) >= 11 is 0. The van der Waals surface area contributed by atoms with Crippen molar-refractivity contribution in [1.82, 2.24) is 10.3 Å². The first-order valence-corrected chi connectivity index (χ1v) is 4.74. The minimum Gasteiger partial charge on any atom is -0.309 e. The van der Waals surface area contributed by atoms with Gasteiger partial charge in [0.25, 0.3) is 0 Å². The molecule has 1 rings (SSSR count). The van der Waals surface area contributed by atoms with Crippen molar-refractivity contribution in [3.05, 3.63) is 29.6 Å². The molecule has 0 amide bonds. The van der Waals surface area contributed by atoms with Crippen molar-refractivity contribution < 1.29 is 0 Å². The number of rotatable bonds is 4. The molecule has 3 nitrogen and oxygen atoms in total. The molecule has 0 radical (unpaired) electrons. The van der Waals surface area contributed by atoms with Crippen molar-refractivity contribution >= 4 is 0 Å². The van der Waals surface area contributed by atoms with E-state index >= 15 is 0 Å². The third-order valence-electron chi connectivity index (χ3n) is 2.02. The Kier molecular flexibility index (Phi) is 4.09. The molecule has 1 atom stereocenters. The van der Waals surface area contributed by atoms with E-state index in [2.05, 4.69) is 22.4 Å². The van der Waals surface area contributed by atoms with Crippen molar-refractivity contribution in [3.8, 4) is 6.07 Å². The molecule has 3 heteroatoms. The molecule has 0 spiro atoms. The molecule has 0 bridgehead atoms. The van der Waals surface area contributed by atoms with Gasteiger partial charge in [0.2, 0.25) is 0 Å². The van der Waals surface area contributed by atoms with E-state index in [4.69, 9.17) is 5.26 Å². The molecule has 1 unspecified atom stereocenters. The van der Waals surface area contributed by atoms with E-state index in [1.165, 1.54) is 0 Å². The number of aromatic nitrogens is 1. The molecule has 0 saturated carbocycles. The van der Waals surface area contributed by atoms with Gasteiger partial charge >= 0.3 is 0 Å². The summed E-state index contributed by atoms with van der Waals surface area (Å²) in [6, 6.07) is 6.41. The Hall–Kier alpha value is -1.40. The molecule has 0 saturated heterocycles. The first-order valence-electron chi connectivity index (χ1n) is 4.74. The minimum atomic E-state index is 0.237. The summed E-state index contributed by atoms with van der Waals surface area (Å²) in [7, 11) is 0. The number of nitriles is 1. The van der Waals surface area contributed by atoms with Gasteiger partial charge in [0.15, 0.2) is 0 Å². The monoisotopic (exact) mass is 189 g/mol. The molecule has 0 aliphatic heterocycles. The van der Waals surface area contributed by atoms with E-state index in [9.17, 15) is 0 Å². The SMILES string of the molecule is Cc1ccc(CNC(C)CC#N)cn1. The summed E-state index contributed by atoms with van der Waals surface area (Å²) in [5, 5.41) is 11.7. The van der Waals surface area contributed by atoms with Crippen LogP contribution in [-0.2, 0) is 6.54 Å². The van der Waals surface area contributed by atoms with Crippen LogP contribution in [0.1, 0.15) is 24.6 Å². The van der Waals surface area contributed by atoms with Crippen LogP contribution < -0.4 is 5.32 Å². The summed E-state index contributed by atoms with van der Waals surface area (Å²) in [5.74, 6) is 0. The lowest BCUT2D eigenvalue weighted by atomic mass is 10.2. The van der Waals surface area contributed by atoms with Crippen LogP contribution in [0.2, 0.25) is 0 Å². The van der Waals surface area contributed by atoms with Crippen LogP contribution in [0, 0.1) is 18.3 Å². The second-order valence-corrected chi connectivity index (χ2v) is 3.45. The Balaban J connectivity index is 2.39. The lowest BCUT2D eigenvalue weighted by Gasteiger charge is -2.09. The zero-order chi connectivity index (χ0) is 10.4. The van der Waals surface area contributed by atoms with E-state index in [1.807, 2.05) is 26.1 Å². The van der Waals surface area contributed by atoms with Gasteiger partial charge in [-0.25, -0.2) is 0 Å². The summed E-state index contributed by atoms with van der Waals surface area (Å²) in [6.45, 7) is 4.75. The quantitative estimate of drug-likeness (QED) is 0.785. The lowest BCUT2D eigenvalue weighted by Crippen LogP contribution is -2.24. The largest absolute Gasteiger partial charge is 0.309 e. The Morgan fingerprint density at radius 2 is 2.36 bits per heavy atom. The minimum absolute atomic E-state index is 0.237. The van der Waals surface area contributed by atoms with Gasteiger partial charge in [0, 0.05) is 24.5 Å². The maximum atomic E-state index is 8.47. The van der Waals surface area contributed by atoms with Gasteiger partial charge in [-0.15, -0.1) is 0 Å². The van der Waals surface area contributed by atoms with Crippen molar-refractivity contribution in [1.29, 1.82) is 5.26 Å². The van der Waals surface area contributed by atoms with Gasteiger partial charge in [0.1, 0.15) is 0 Å². The van der Waals surface area contributed by atoms with Crippen molar-refractivity contribution in [3.63, 3.8) is 0 Å². The first-order chi connectivity index (χ1) is 6.72. The Bertz CT molecular complexity index is 310. The molecule has 1 aromatic rings. The molecule has 74 valence electrons. The number of hydrogen-bond donors (Lipinski definition) is 1. The highest BCUT2D eigenvalue weighted by Crippen LogP contribution is 1.99. The fraction of sp³-hybridized carbons (Fsp3) is 0.455. The molecular formula is C11H15N3. The van der Waals surface area contributed by atoms with Crippen LogP contribution in [0.15, 0.2) is 18.3 Å². The first kappa shape index (κ1) is 10.7. The standard InChI is InChI=1S/C11H15N3/c1-9-3-4-11(7-13-9)8-14-10(2)5-6-12/h3-4,7,10,14H,5,8H2,1-2H3. The zero-order valence-electron chi connectivity index (χ0n) is 8.62. The Labute approximate surface area is 84.8 Å². The van der Waals surface area contributed by atoms with Crippen LogP contribution in [0.3, 0.4) is 0 Å². The number of aryl methyl sites for hydroxylation is 1. The molecule has 1 N–H and O–H groups in total. The summed E-state index contributed by atoms with van der Waals surface area (Å²) in [5.41, 5.74) is 2.18. The van der Waals surface area contributed by atoms with Crippen LogP contribution >= 0.6 is 0 Å². The fourth-order valence-electron chi connectivity index (χ4n) is 1.10. The second-order valence-electron chi connectivity index (χ2n) is 3.45. The van der Waals surface area contributed by atoms with E-state index in [0.717, 1.165) is 17.8 Å². The van der Waals surface area contributed by atoms with Gasteiger partial charge in [-0.3, -0.25) is 4.98 Å².